The van der Waals surface area contributed by atoms with Crippen molar-refractivity contribution in [3.8, 4) is 11.6 Å². The Balaban J connectivity index is 1.13. The van der Waals surface area contributed by atoms with E-state index in [1.807, 2.05) is 39.8 Å². The van der Waals surface area contributed by atoms with E-state index in [2.05, 4.69) is 27.5 Å². The van der Waals surface area contributed by atoms with Crippen LogP contribution < -0.4 is 30.9 Å². The molecule has 15 nitrogen and oxygen atoms in total. The lowest BCUT2D eigenvalue weighted by Crippen LogP contribution is -2.60. The van der Waals surface area contributed by atoms with Crippen LogP contribution in [0.1, 0.15) is 104 Å². The number of nitrogens with one attached hydrogen (secondary N) is 4. The summed E-state index contributed by atoms with van der Waals surface area (Å²) in [4.78, 5) is 72.9. The van der Waals surface area contributed by atoms with Gasteiger partial charge >= 0.3 is 6.09 Å². The van der Waals surface area contributed by atoms with E-state index in [1.54, 1.807) is 25.3 Å². The number of likely N-dealkylation sites (tertiary alicyclic amines) is 1. The Morgan fingerprint density at radius 3 is 2.42 bits per heavy atom. The number of ether oxygens (including phenoxy) is 3. The second-order valence-corrected chi connectivity index (χ2v) is 19.7. The van der Waals surface area contributed by atoms with Crippen LogP contribution in [-0.4, -0.2) is 96.7 Å². The summed E-state index contributed by atoms with van der Waals surface area (Å²) in [6.07, 6.45) is 11.2. The average molecular weight is 838 g/mol. The Labute approximate surface area is 346 Å². The second kappa shape index (κ2) is 17.4. The van der Waals surface area contributed by atoms with Gasteiger partial charge < -0.3 is 40.0 Å². The van der Waals surface area contributed by atoms with Crippen LogP contribution in [0.2, 0.25) is 0 Å². The molecular weight excluding hydrogens is 779 g/mol. The summed E-state index contributed by atoms with van der Waals surface area (Å²) in [5.74, 6) is -1.54. The predicted octanol–water partition coefficient (Wildman–Crippen LogP) is 4.89. The minimum atomic E-state index is -3.47. The number of benzene rings is 1. The Hall–Kier alpha value is -4.86. The third-order valence-electron chi connectivity index (χ3n) is 12.0. The topological polar surface area (TPSA) is 202 Å². The number of aromatic nitrogens is 1. The third kappa shape index (κ3) is 9.79. The van der Waals surface area contributed by atoms with E-state index >= 15 is 0 Å². The van der Waals surface area contributed by atoms with E-state index in [1.165, 1.54) is 11.0 Å². The Morgan fingerprint density at radius 1 is 1.07 bits per heavy atom. The number of carbonyl (C=O) groups is 4. The number of carbonyl (C=O) groups excluding carboxylic acids is 4. The summed E-state index contributed by atoms with van der Waals surface area (Å²) in [5.41, 5.74) is -1.89. The zero-order chi connectivity index (χ0) is 42.8. The van der Waals surface area contributed by atoms with Crippen LogP contribution in [0, 0.1) is 11.3 Å². The number of aromatic amines is 1. The number of pyridine rings is 1. The molecule has 2 heterocycles. The number of hydrogen-bond acceptors (Lipinski definition) is 10. The van der Waals surface area contributed by atoms with E-state index in [0.29, 0.717) is 79.6 Å². The SMILES string of the molecule is C=C[C@@H]1C[C@]1(NC(=O)[C@@H]1CCCN1C(=O)[C@@H](NC(=O)OC1(C/C=C/c2cc3c(=O)cc(OCC)[nH]c3cc2OC)CCCCC1)C(C)(C)C)C(=O)NCS(=O)(=O)C1CC1. The Morgan fingerprint density at radius 2 is 1.80 bits per heavy atom. The van der Waals surface area contributed by atoms with Crippen LogP contribution in [0.5, 0.6) is 11.6 Å². The summed E-state index contributed by atoms with van der Waals surface area (Å²) < 4.78 is 42.3. The maximum atomic E-state index is 14.3. The van der Waals surface area contributed by atoms with Crippen molar-refractivity contribution in [2.45, 2.75) is 127 Å². The highest BCUT2D eigenvalue weighted by Gasteiger charge is 2.60. The van der Waals surface area contributed by atoms with Gasteiger partial charge in [-0.15, -0.1) is 6.58 Å². The molecule has 59 heavy (non-hydrogen) atoms. The summed E-state index contributed by atoms with van der Waals surface area (Å²) in [6.45, 7) is 11.8. The minimum Gasteiger partial charge on any atom is -0.496 e. The molecule has 1 aromatic heterocycles. The van der Waals surface area contributed by atoms with E-state index in [-0.39, 0.29) is 18.4 Å². The van der Waals surface area contributed by atoms with Gasteiger partial charge in [0, 0.05) is 42.0 Å². The molecule has 4 fully saturated rings. The Kier molecular flexibility index (Phi) is 12.9. The van der Waals surface area contributed by atoms with Gasteiger partial charge in [0.05, 0.1) is 24.5 Å². The van der Waals surface area contributed by atoms with Crippen LogP contribution in [0.4, 0.5) is 4.79 Å². The van der Waals surface area contributed by atoms with Crippen molar-refractivity contribution in [3.63, 3.8) is 0 Å². The fourth-order valence-electron chi connectivity index (χ4n) is 8.42. The normalized spacial score (nSPS) is 23.3. The van der Waals surface area contributed by atoms with Crippen LogP contribution in [0.15, 0.2) is 41.7 Å². The largest absolute Gasteiger partial charge is 0.496 e. The van der Waals surface area contributed by atoms with Crippen molar-refractivity contribution >= 4 is 50.6 Å². The smallest absolute Gasteiger partial charge is 0.408 e. The predicted molar refractivity (Wildman–Crippen MR) is 223 cm³/mol. The molecule has 2 aromatic rings. The number of rotatable bonds is 16. The molecule has 3 saturated carbocycles. The highest BCUT2D eigenvalue weighted by Crippen LogP contribution is 2.45. The van der Waals surface area contributed by atoms with Gasteiger partial charge in [0.2, 0.25) is 17.7 Å². The summed E-state index contributed by atoms with van der Waals surface area (Å²) >= 11 is 0. The molecule has 3 aliphatic carbocycles. The number of hydrogen-bond donors (Lipinski definition) is 4. The molecule has 322 valence electrons. The summed E-state index contributed by atoms with van der Waals surface area (Å²) in [6, 6.07) is 2.98. The first-order valence-corrected chi connectivity index (χ1v) is 22.5. The van der Waals surface area contributed by atoms with Crippen molar-refractivity contribution in [2.75, 3.05) is 26.1 Å². The first kappa shape index (κ1) is 43.7. The van der Waals surface area contributed by atoms with Crippen LogP contribution >= 0.6 is 0 Å². The zero-order valence-corrected chi connectivity index (χ0v) is 35.6. The van der Waals surface area contributed by atoms with Crippen molar-refractivity contribution in [2.24, 2.45) is 11.3 Å². The van der Waals surface area contributed by atoms with Gasteiger partial charge in [0.25, 0.3) is 0 Å². The lowest BCUT2D eigenvalue weighted by Gasteiger charge is -2.39. The second-order valence-electron chi connectivity index (χ2n) is 17.5. The first-order chi connectivity index (χ1) is 28.0. The molecule has 4 N–H and O–H groups in total. The van der Waals surface area contributed by atoms with Gasteiger partial charge in [0.15, 0.2) is 21.1 Å². The molecular formula is C43H59N5O10S. The lowest BCUT2D eigenvalue weighted by molar-refractivity contribution is -0.143. The molecule has 4 atom stereocenters. The minimum absolute atomic E-state index is 0.193. The summed E-state index contributed by atoms with van der Waals surface area (Å²) in [7, 11) is -1.92. The van der Waals surface area contributed by atoms with Gasteiger partial charge in [-0.2, -0.15) is 0 Å². The Bertz CT molecular complexity index is 2150. The number of sulfone groups is 1. The average Bonchev–Trinajstić information content (AvgIpc) is 4.12. The quantitative estimate of drug-likeness (QED) is 0.169. The van der Waals surface area contributed by atoms with Crippen molar-refractivity contribution in [3.05, 3.63) is 52.7 Å². The molecule has 6 rings (SSSR count). The van der Waals surface area contributed by atoms with Gasteiger partial charge in [0.1, 0.15) is 34.8 Å². The van der Waals surface area contributed by atoms with Crippen molar-refractivity contribution < 1.29 is 41.8 Å². The number of nitrogens with zero attached hydrogens (tertiary/aromatic N) is 1. The molecule has 4 aliphatic rings. The van der Waals surface area contributed by atoms with Crippen molar-refractivity contribution in [1.82, 2.24) is 25.8 Å². The molecule has 0 unspecified atom stereocenters. The molecule has 0 radical (unpaired) electrons. The fourth-order valence-corrected chi connectivity index (χ4v) is 9.84. The van der Waals surface area contributed by atoms with Gasteiger partial charge in [-0.1, -0.05) is 45.4 Å². The van der Waals surface area contributed by atoms with Gasteiger partial charge in [-0.25, -0.2) is 13.2 Å². The van der Waals surface area contributed by atoms with Crippen molar-refractivity contribution in [1.29, 1.82) is 0 Å². The highest BCUT2D eigenvalue weighted by atomic mass is 32.2. The maximum Gasteiger partial charge on any atom is 0.408 e. The first-order valence-electron chi connectivity index (χ1n) is 20.7. The van der Waals surface area contributed by atoms with E-state index in [4.69, 9.17) is 14.2 Å². The highest BCUT2D eigenvalue weighted by molar-refractivity contribution is 7.92. The van der Waals surface area contributed by atoms with E-state index in [9.17, 15) is 32.4 Å². The molecule has 4 amide bonds. The zero-order valence-electron chi connectivity index (χ0n) is 34.8. The third-order valence-corrected chi connectivity index (χ3v) is 14.1. The number of H-pyrrole nitrogens is 1. The number of amides is 4. The summed E-state index contributed by atoms with van der Waals surface area (Å²) in [5, 5.41) is 8.26. The monoisotopic (exact) mass is 837 g/mol. The van der Waals surface area contributed by atoms with E-state index in [0.717, 1.165) is 19.3 Å². The molecule has 1 saturated heterocycles. The number of fused-ring (bicyclic) bond motifs is 1. The van der Waals surface area contributed by atoms with Crippen LogP contribution in [0.3, 0.4) is 0 Å². The van der Waals surface area contributed by atoms with Gasteiger partial charge in [-0.05, 0) is 76.2 Å². The maximum absolute atomic E-state index is 14.3. The molecule has 1 aliphatic heterocycles. The lowest BCUT2D eigenvalue weighted by atomic mass is 9.82. The molecule has 0 spiro atoms. The van der Waals surface area contributed by atoms with Crippen LogP contribution in [-0.2, 0) is 29.0 Å². The fraction of sp³-hybridized carbons (Fsp3) is 0.605. The molecule has 16 heteroatoms. The standard InChI is InChI=1S/C43H59N5O10S/c1-7-28-25-43(28,39(52)44-26-59(54,55)29-16-17-29)47-37(50)32-15-13-21-48(32)38(51)36(41(3,4)5)46-40(53)58-42(18-10-9-11-19-42)20-12-14-27-22-30-31(23-34(27)56-6)45-35(57-8-2)24-33(30)49/h7,12,14,22-24,28-29,32,36H,1,8-11,13,15-21,25-26H2,2-6H3,(H,44,52)(H,45,49)(H,46,53)(H,47,50)/b14-12+/t28-,32+,36-,43-/m1/s1. The molecule has 1 aromatic carbocycles. The number of methoxy groups -OCH3 is 1. The van der Waals surface area contributed by atoms with Crippen LogP contribution in [0.25, 0.3) is 17.0 Å². The van der Waals surface area contributed by atoms with E-state index < -0.39 is 79.3 Å². The number of alkyl carbamates (subject to hydrolysis) is 1. The molecule has 0 bridgehead atoms. The van der Waals surface area contributed by atoms with Gasteiger partial charge in [-0.3, -0.25) is 19.2 Å².